The lowest BCUT2D eigenvalue weighted by molar-refractivity contribution is 0.00578. The predicted molar refractivity (Wildman–Crippen MR) is 95.7 cm³/mol. The Morgan fingerprint density at radius 2 is 1.87 bits per heavy atom. The molecular weight excluding hydrogens is 311 g/mol. The van der Waals surface area contributed by atoms with Crippen molar-refractivity contribution in [3.8, 4) is 0 Å². The van der Waals surface area contributed by atoms with Gasteiger partial charge >= 0.3 is 13.1 Å². The highest BCUT2D eigenvalue weighted by Gasteiger charge is 2.52. The van der Waals surface area contributed by atoms with Gasteiger partial charge in [0.15, 0.2) is 0 Å². The van der Waals surface area contributed by atoms with Crippen molar-refractivity contribution in [2.75, 3.05) is 12.9 Å². The average Bonchev–Trinajstić information content (AvgIpc) is 2.72. The van der Waals surface area contributed by atoms with Crippen molar-refractivity contribution in [1.29, 1.82) is 0 Å². The molecule has 0 N–H and O–H groups in total. The number of carbonyl (C=O) groups is 1. The van der Waals surface area contributed by atoms with Crippen LogP contribution in [0.1, 0.15) is 43.6 Å². The Bertz CT molecular complexity index is 609. The molecule has 0 atom stereocenters. The Balaban J connectivity index is 2.28. The van der Waals surface area contributed by atoms with E-state index in [1.165, 1.54) is 7.11 Å². The largest absolute Gasteiger partial charge is 0.491 e. The molecule has 4 nitrogen and oxygen atoms in total. The van der Waals surface area contributed by atoms with E-state index in [1.807, 2.05) is 45.9 Å². The highest BCUT2D eigenvalue weighted by Crippen LogP contribution is 2.39. The van der Waals surface area contributed by atoms with Gasteiger partial charge in [-0.3, -0.25) is 0 Å². The van der Waals surface area contributed by atoms with Gasteiger partial charge in [0.05, 0.1) is 23.9 Å². The highest BCUT2D eigenvalue weighted by molar-refractivity contribution is 7.80. The van der Waals surface area contributed by atoms with Crippen LogP contribution in [-0.2, 0) is 14.0 Å². The predicted octanol–water partition coefficient (Wildman–Crippen LogP) is 3.42. The van der Waals surface area contributed by atoms with E-state index in [1.54, 1.807) is 12.1 Å². The van der Waals surface area contributed by atoms with Crippen LogP contribution in [0.5, 0.6) is 0 Å². The minimum Gasteiger partial charge on any atom is -0.465 e. The monoisotopic (exact) mass is 334 g/mol. The second-order valence-corrected chi connectivity index (χ2v) is 6.90. The molecule has 0 saturated carbocycles. The van der Waals surface area contributed by atoms with Gasteiger partial charge < -0.3 is 14.0 Å². The van der Waals surface area contributed by atoms with Gasteiger partial charge in [-0.25, -0.2) is 4.79 Å². The first-order valence-corrected chi connectivity index (χ1v) is 8.19. The zero-order valence-electron chi connectivity index (χ0n) is 14.3. The van der Waals surface area contributed by atoms with E-state index in [0.717, 1.165) is 11.0 Å². The van der Waals surface area contributed by atoms with Gasteiger partial charge in [0, 0.05) is 5.75 Å². The number of benzene rings is 1. The summed E-state index contributed by atoms with van der Waals surface area (Å²) in [5, 5.41) is 0. The van der Waals surface area contributed by atoms with E-state index < -0.39 is 18.3 Å². The summed E-state index contributed by atoms with van der Waals surface area (Å²) in [4.78, 5) is 11.6. The van der Waals surface area contributed by atoms with Crippen LogP contribution in [0.3, 0.4) is 0 Å². The van der Waals surface area contributed by atoms with Crippen LogP contribution >= 0.6 is 12.6 Å². The maximum absolute atomic E-state index is 11.6. The third kappa shape index (κ3) is 3.82. The molecule has 0 aliphatic carbocycles. The van der Waals surface area contributed by atoms with Crippen molar-refractivity contribution < 1.29 is 18.8 Å². The molecule has 0 spiro atoms. The first-order valence-electron chi connectivity index (χ1n) is 7.55. The van der Waals surface area contributed by atoms with E-state index in [9.17, 15) is 4.79 Å². The molecule has 1 aliphatic rings. The van der Waals surface area contributed by atoms with Gasteiger partial charge in [-0.2, -0.15) is 12.6 Å². The second-order valence-electron chi connectivity index (χ2n) is 6.58. The zero-order chi connectivity index (χ0) is 17.3. The number of carbonyl (C=O) groups excluding carboxylic acids is 1. The molecule has 1 heterocycles. The molecule has 1 aliphatic heterocycles. The molecule has 0 amide bonds. The summed E-state index contributed by atoms with van der Waals surface area (Å²) in [6.07, 6.45) is 1.95. The summed E-state index contributed by atoms with van der Waals surface area (Å²) < 4.78 is 16.9. The average molecular weight is 334 g/mol. The summed E-state index contributed by atoms with van der Waals surface area (Å²) >= 11 is 4.40. The molecule has 1 aromatic rings. The Hall–Kier alpha value is -1.24. The Kier molecular flexibility index (Phi) is 5.28. The maximum atomic E-state index is 11.6. The molecule has 23 heavy (non-hydrogen) atoms. The molecule has 0 unspecified atom stereocenters. The molecular formula is C17H23BO4S. The molecule has 1 saturated heterocycles. The number of hydrogen-bond donors (Lipinski definition) is 1. The third-order valence-electron chi connectivity index (χ3n) is 4.40. The fraction of sp³-hybridized carbons (Fsp3) is 0.471. The number of ether oxygens (including phenoxy) is 1. The van der Waals surface area contributed by atoms with Crippen LogP contribution in [0.25, 0.3) is 6.08 Å². The Morgan fingerprint density at radius 1 is 1.26 bits per heavy atom. The summed E-state index contributed by atoms with van der Waals surface area (Å²) in [5.41, 5.74) is 1.51. The summed E-state index contributed by atoms with van der Waals surface area (Å²) in [6, 6.07) is 7.23. The van der Waals surface area contributed by atoms with Gasteiger partial charge in [0.25, 0.3) is 0 Å². The SMILES string of the molecule is COC(=O)c1cccc(C=C(CS)B2OC(C)(C)C(C)(C)O2)c1. The number of methoxy groups -OCH3 is 1. The molecule has 124 valence electrons. The summed E-state index contributed by atoms with van der Waals surface area (Å²) in [6.45, 7) is 8.06. The van der Waals surface area contributed by atoms with Crippen LogP contribution in [0.2, 0.25) is 0 Å². The normalized spacial score (nSPS) is 19.7. The number of esters is 1. The molecule has 6 heteroatoms. The third-order valence-corrected chi connectivity index (χ3v) is 4.76. The van der Waals surface area contributed by atoms with Gasteiger partial charge in [-0.1, -0.05) is 18.2 Å². The van der Waals surface area contributed by atoms with Crippen molar-refractivity contribution in [3.63, 3.8) is 0 Å². The van der Waals surface area contributed by atoms with Crippen molar-refractivity contribution in [2.45, 2.75) is 38.9 Å². The van der Waals surface area contributed by atoms with Crippen LogP contribution < -0.4 is 0 Å². The van der Waals surface area contributed by atoms with Gasteiger partial charge in [0.1, 0.15) is 0 Å². The molecule has 1 aromatic carbocycles. The van der Waals surface area contributed by atoms with Crippen molar-refractivity contribution in [3.05, 3.63) is 40.9 Å². The van der Waals surface area contributed by atoms with E-state index in [-0.39, 0.29) is 5.97 Å². The first-order chi connectivity index (χ1) is 10.7. The van der Waals surface area contributed by atoms with Crippen LogP contribution in [-0.4, -0.2) is 37.2 Å². The fourth-order valence-electron chi connectivity index (χ4n) is 2.27. The van der Waals surface area contributed by atoms with Crippen LogP contribution in [0.4, 0.5) is 0 Å². The lowest BCUT2D eigenvalue weighted by atomic mass is 9.78. The molecule has 0 radical (unpaired) electrons. The van der Waals surface area contributed by atoms with E-state index in [2.05, 4.69) is 12.6 Å². The van der Waals surface area contributed by atoms with Gasteiger partial charge in [-0.05, 0) is 50.9 Å². The first kappa shape index (κ1) is 18.1. The number of hydrogen-bond acceptors (Lipinski definition) is 5. The number of thiol groups is 1. The minimum atomic E-state index is -0.445. The lowest BCUT2D eigenvalue weighted by Gasteiger charge is -2.32. The maximum Gasteiger partial charge on any atom is 0.491 e. The van der Waals surface area contributed by atoms with E-state index in [0.29, 0.717) is 11.3 Å². The number of rotatable bonds is 4. The topological polar surface area (TPSA) is 44.8 Å². The molecule has 0 aromatic heterocycles. The van der Waals surface area contributed by atoms with E-state index >= 15 is 0 Å². The zero-order valence-corrected chi connectivity index (χ0v) is 15.1. The van der Waals surface area contributed by atoms with Crippen LogP contribution in [0.15, 0.2) is 29.7 Å². The Labute approximate surface area is 143 Å². The molecule has 0 bridgehead atoms. The fourth-order valence-corrected chi connectivity index (χ4v) is 2.51. The smallest absolute Gasteiger partial charge is 0.465 e. The van der Waals surface area contributed by atoms with Crippen molar-refractivity contribution >= 4 is 31.8 Å². The Morgan fingerprint density at radius 3 is 2.39 bits per heavy atom. The van der Waals surface area contributed by atoms with Gasteiger partial charge in [0.2, 0.25) is 0 Å². The highest BCUT2D eigenvalue weighted by atomic mass is 32.1. The lowest BCUT2D eigenvalue weighted by Crippen LogP contribution is -2.41. The van der Waals surface area contributed by atoms with Crippen LogP contribution in [0, 0.1) is 0 Å². The second kappa shape index (κ2) is 6.71. The van der Waals surface area contributed by atoms with Crippen molar-refractivity contribution in [1.82, 2.24) is 0 Å². The summed E-state index contributed by atoms with van der Waals surface area (Å²) in [5.74, 6) is 0.141. The van der Waals surface area contributed by atoms with Crippen molar-refractivity contribution in [2.24, 2.45) is 0 Å². The molecule has 1 fully saturated rings. The summed E-state index contributed by atoms with van der Waals surface area (Å²) in [7, 11) is 0.924. The van der Waals surface area contributed by atoms with E-state index in [4.69, 9.17) is 14.0 Å². The minimum absolute atomic E-state index is 0.358. The standard InChI is InChI=1S/C17H23BO4S/c1-16(2)17(3,4)22-18(21-16)14(11-23)10-12-7-6-8-13(9-12)15(19)20-5/h6-10,23H,11H2,1-5H3. The quantitative estimate of drug-likeness (QED) is 0.521. The molecule has 2 rings (SSSR count). The van der Waals surface area contributed by atoms with Gasteiger partial charge in [-0.15, -0.1) is 0 Å².